The molecule has 5 nitrogen and oxygen atoms in total. The first-order chi connectivity index (χ1) is 12.8. The number of nitrogens with zero attached hydrogens (tertiary/aromatic N) is 1. The van der Waals surface area contributed by atoms with Crippen molar-refractivity contribution < 1.29 is 27.5 Å². The molecule has 0 spiro atoms. The second-order valence-corrected chi connectivity index (χ2v) is 8.22. The average molecular weight is 400 g/mol. The zero-order chi connectivity index (χ0) is 21.3. The SMILES string of the molecule is Cc1ccccc1C1C[C@H](NC(=O)OC(C)(C)C)C(=O)N(CC(F)(F)F)[C@@H]1C. The molecule has 8 heteroatoms. The summed E-state index contributed by atoms with van der Waals surface area (Å²) in [5, 5.41) is 2.46. The van der Waals surface area contributed by atoms with Gasteiger partial charge in [0.2, 0.25) is 5.91 Å². The quantitative estimate of drug-likeness (QED) is 0.829. The number of ether oxygens (including phenoxy) is 1. The van der Waals surface area contributed by atoms with E-state index in [0.717, 1.165) is 16.0 Å². The maximum atomic E-state index is 13.1. The molecule has 1 saturated heterocycles. The van der Waals surface area contributed by atoms with Crippen molar-refractivity contribution in [2.24, 2.45) is 0 Å². The second-order valence-electron chi connectivity index (χ2n) is 8.22. The van der Waals surface area contributed by atoms with Gasteiger partial charge >= 0.3 is 12.3 Å². The van der Waals surface area contributed by atoms with Gasteiger partial charge in [-0.3, -0.25) is 4.79 Å². The van der Waals surface area contributed by atoms with Crippen molar-refractivity contribution in [1.29, 1.82) is 0 Å². The number of piperidine rings is 1. The Balaban J connectivity index is 2.33. The molecule has 2 amide bonds. The van der Waals surface area contributed by atoms with Crippen LogP contribution in [-0.2, 0) is 9.53 Å². The van der Waals surface area contributed by atoms with E-state index in [9.17, 15) is 22.8 Å². The molecule has 1 aromatic carbocycles. The molecule has 1 fully saturated rings. The van der Waals surface area contributed by atoms with Crippen LogP contribution in [0.15, 0.2) is 24.3 Å². The largest absolute Gasteiger partial charge is 0.444 e. The molecule has 156 valence electrons. The van der Waals surface area contributed by atoms with Crippen molar-refractivity contribution in [3.63, 3.8) is 0 Å². The number of likely N-dealkylation sites (tertiary alicyclic amines) is 1. The Kier molecular flexibility index (Phi) is 6.31. The number of hydrogen-bond donors (Lipinski definition) is 1. The number of halogens is 3. The molecule has 1 aliphatic rings. The molecular formula is C20H27F3N2O3. The topological polar surface area (TPSA) is 58.6 Å². The number of carbonyl (C=O) groups is 2. The maximum Gasteiger partial charge on any atom is 0.408 e. The summed E-state index contributed by atoms with van der Waals surface area (Å²) in [6.45, 7) is 7.14. The fourth-order valence-electron chi connectivity index (χ4n) is 3.54. The molecule has 3 atom stereocenters. The highest BCUT2D eigenvalue weighted by Gasteiger charge is 2.45. The van der Waals surface area contributed by atoms with Gasteiger partial charge in [-0.2, -0.15) is 13.2 Å². The van der Waals surface area contributed by atoms with E-state index in [2.05, 4.69) is 5.32 Å². The van der Waals surface area contributed by atoms with E-state index in [0.29, 0.717) is 0 Å². The smallest absolute Gasteiger partial charge is 0.408 e. The molecule has 0 aliphatic carbocycles. The van der Waals surface area contributed by atoms with Crippen molar-refractivity contribution in [3.05, 3.63) is 35.4 Å². The van der Waals surface area contributed by atoms with Gasteiger partial charge in [-0.05, 0) is 52.2 Å². The van der Waals surface area contributed by atoms with Crippen LogP contribution in [0.1, 0.15) is 51.2 Å². The fourth-order valence-corrected chi connectivity index (χ4v) is 3.54. The average Bonchev–Trinajstić information content (AvgIpc) is 2.52. The van der Waals surface area contributed by atoms with Crippen LogP contribution in [-0.4, -0.2) is 47.3 Å². The van der Waals surface area contributed by atoms with Gasteiger partial charge in [-0.1, -0.05) is 24.3 Å². The van der Waals surface area contributed by atoms with Crippen LogP contribution in [0, 0.1) is 6.92 Å². The second kappa shape index (κ2) is 8.01. The first-order valence-electron chi connectivity index (χ1n) is 9.21. The van der Waals surface area contributed by atoms with E-state index < -0.39 is 42.4 Å². The van der Waals surface area contributed by atoms with Crippen LogP contribution in [0.25, 0.3) is 0 Å². The third kappa shape index (κ3) is 5.62. The monoisotopic (exact) mass is 400 g/mol. The lowest BCUT2D eigenvalue weighted by Crippen LogP contribution is -2.60. The summed E-state index contributed by atoms with van der Waals surface area (Å²) in [5.41, 5.74) is 1.01. The summed E-state index contributed by atoms with van der Waals surface area (Å²) in [6.07, 6.45) is -5.15. The number of hydrogen-bond acceptors (Lipinski definition) is 3. The van der Waals surface area contributed by atoms with E-state index in [-0.39, 0.29) is 12.3 Å². The highest BCUT2D eigenvalue weighted by atomic mass is 19.4. The normalized spacial score (nSPS) is 23.5. The highest BCUT2D eigenvalue weighted by molar-refractivity contribution is 5.87. The summed E-state index contributed by atoms with van der Waals surface area (Å²) in [6, 6.07) is 5.65. The maximum absolute atomic E-state index is 13.1. The van der Waals surface area contributed by atoms with Gasteiger partial charge in [-0.15, -0.1) is 0 Å². The Bertz CT molecular complexity index is 728. The lowest BCUT2D eigenvalue weighted by atomic mass is 9.80. The van der Waals surface area contributed by atoms with Gasteiger partial charge in [0.05, 0.1) is 0 Å². The molecule has 0 bridgehead atoms. The molecule has 0 aromatic heterocycles. The van der Waals surface area contributed by atoms with Crippen molar-refractivity contribution in [3.8, 4) is 0 Å². The molecule has 28 heavy (non-hydrogen) atoms. The van der Waals surface area contributed by atoms with E-state index in [1.54, 1.807) is 27.7 Å². The van der Waals surface area contributed by atoms with Crippen molar-refractivity contribution in [2.75, 3.05) is 6.54 Å². The van der Waals surface area contributed by atoms with E-state index in [1.165, 1.54) is 0 Å². The molecule has 2 rings (SSSR count). The third-order valence-electron chi connectivity index (χ3n) is 4.77. The predicted octanol–water partition coefficient (Wildman–Crippen LogP) is 4.16. The highest BCUT2D eigenvalue weighted by Crippen LogP contribution is 2.36. The first kappa shape index (κ1) is 22.0. The number of rotatable bonds is 3. The van der Waals surface area contributed by atoms with Gasteiger partial charge in [0, 0.05) is 12.0 Å². The molecule has 1 aliphatic heterocycles. The summed E-state index contributed by atoms with van der Waals surface area (Å²) >= 11 is 0. The molecule has 1 N–H and O–H groups in total. The van der Waals surface area contributed by atoms with Crippen LogP contribution in [0.5, 0.6) is 0 Å². The lowest BCUT2D eigenvalue weighted by molar-refractivity contribution is -0.170. The van der Waals surface area contributed by atoms with Gasteiger partial charge in [-0.25, -0.2) is 4.79 Å². The Hall–Kier alpha value is -2.25. The Labute approximate surface area is 163 Å². The Morgan fingerprint density at radius 3 is 2.39 bits per heavy atom. The lowest BCUT2D eigenvalue weighted by Gasteiger charge is -2.43. The molecule has 1 aromatic rings. The van der Waals surface area contributed by atoms with E-state index in [1.807, 2.05) is 31.2 Å². The van der Waals surface area contributed by atoms with Crippen LogP contribution < -0.4 is 5.32 Å². The molecule has 0 saturated carbocycles. The fraction of sp³-hybridized carbons (Fsp3) is 0.600. The van der Waals surface area contributed by atoms with Crippen LogP contribution in [0.2, 0.25) is 0 Å². The summed E-state index contributed by atoms with van der Waals surface area (Å²) in [5.74, 6) is -1.10. The van der Waals surface area contributed by atoms with Crippen LogP contribution in [0.3, 0.4) is 0 Å². The number of nitrogens with one attached hydrogen (secondary N) is 1. The van der Waals surface area contributed by atoms with Crippen LogP contribution >= 0.6 is 0 Å². The predicted molar refractivity (Wildman–Crippen MR) is 98.9 cm³/mol. The summed E-state index contributed by atoms with van der Waals surface area (Å²) < 4.78 is 44.5. The number of amides is 2. The number of carbonyl (C=O) groups excluding carboxylic acids is 2. The van der Waals surface area contributed by atoms with Crippen LogP contribution in [0.4, 0.5) is 18.0 Å². The number of benzene rings is 1. The van der Waals surface area contributed by atoms with E-state index in [4.69, 9.17) is 4.74 Å². The Morgan fingerprint density at radius 1 is 1.25 bits per heavy atom. The number of alkyl halides is 3. The third-order valence-corrected chi connectivity index (χ3v) is 4.77. The van der Waals surface area contributed by atoms with E-state index >= 15 is 0 Å². The first-order valence-corrected chi connectivity index (χ1v) is 9.21. The minimum Gasteiger partial charge on any atom is -0.444 e. The van der Waals surface area contributed by atoms with Crippen molar-refractivity contribution in [2.45, 2.75) is 70.8 Å². The van der Waals surface area contributed by atoms with Gasteiger partial charge in [0.15, 0.2) is 0 Å². The summed E-state index contributed by atoms with van der Waals surface area (Å²) in [7, 11) is 0. The van der Waals surface area contributed by atoms with Gasteiger partial charge in [0.1, 0.15) is 18.2 Å². The standard InChI is InChI=1S/C20H27F3N2O3/c1-12-8-6-7-9-14(12)15-10-16(24-18(27)28-19(3,4)5)17(26)25(13(15)2)11-20(21,22)23/h6-9,13,15-16H,10-11H2,1-5H3,(H,24,27)/t13-,15?,16+/m1/s1. The van der Waals surface area contributed by atoms with Gasteiger partial charge < -0.3 is 15.0 Å². The molecule has 1 unspecified atom stereocenters. The van der Waals surface area contributed by atoms with Gasteiger partial charge in [0.25, 0.3) is 0 Å². The number of alkyl carbamates (subject to hydrolysis) is 1. The Morgan fingerprint density at radius 2 is 1.86 bits per heavy atom. The minimum absolute atomic E-state index is 0.207. The van der Waals surface area contributed by atoms with Crippen molar-refractivity contribution >= 4 is 12.0 Å². The summed E-state index contributed by atoms with van der Waals surface area (Å²) in [4.78, 5) is 25.7. The zero-order valence-electron chi connectivity index (χ0n) is 16.8. The van der Waals surface area contributed by atoms with Crippen molar-refractivity contribution in [1.82, 2.24) is 10.2 Å². The zero-order valence-corrected chi connectivity index (χ0v) is 16.8. The minimum atomic E-state index is -4.53. The molecular weight excluding hydrogens is 373 g/mol. The molecule has 1 heterocycles. The molecule has 0 radical (unpaired) electrons. The number of aryl methyl sites for hydroxylation is 1.